The van der Waals surface area contributed by atoms with Crippen LogP contribution in [0.4, 0.5) is 0 Å². The number of hydrogen-bond acceptors (Lipinski definition) is 1. The second kappa shape index (κ2) is 6.07. The second-order valence-corrected chi connectivity index (χ2v) is 5.23. The van der Waals surface area contributed by atoms with Crippen LogP contribution in [-0.2, 0) is 20.0 Å². The van der Waals surface area contributed by atoms with Gasteiger partial charge in [0.2, 0.25) is 0 Å². The van der Waals surface area contributed by atoms with Crippen molar-refractivity contribution in [2.75, 3.05) is 0 Å². The fourth-order valence-corrected chi connectivity index (χ4v) is 2.13. The molecule has 0 aliphatic heterocycles. The van der Waals surface area contributed by atoms with E-state index in [1.165, 1.54) is 11.1 Å². The lowest BCUT2D eigenvalue weighted by Gasteiger charge is -2.13. The molecule has 2 nitrogen and oxygen atoms in total. The summed E-state index contributed by atoms with van der Waals surface area (Å²) in [7, 11) is 2.04. The van der Waals surface area contributed by atoms with E-state index in [9.17, 15) is 0 Å². The minimum absolute atomic E-state index is 0.450. The minimum atomic E-state index is 0.450. The SMILES string of the molecule is CC(Cc1ccc(Cl)cc1)NCc1ccn(C)c1. The highest BCUT2D eigenvalue weighted by Crippen LogP contribution is 2.11. The van der Waals surface area contributed by atoms with E-state index in [1.807, 2.05) is 19.2 Å². The lowest BCUT2D eigenvalue weighted by Crippen LogP contribution is -2.27. The molecule has 1 aromatic heterocycles. The summed E-state index contributed by atoms with van der Waals surface area (Å²) in [6.07, 6.45) is 5.23. The van der Waals surface area contributed by atoms with Gasteiger partial charge in [-0.2, -0.15) is 0 Å². The lowest BCUT2D eigenvalue weighted by atomic mass is 10.1. The van der Waals surface area contributed by atoms with Crippen LogP contribution in [0, 0.1) is 0 Å². The summed E-state index contributed by atoms with van der Waals surface area (Å²) in [5.41, 5.74) is 2.63. The second-order valence-electron chi connectivity index (χ2n) is 4.80. The Morgan fingerprint density at radius 2 is 1.89 bits per heavy atom. The number of benzene rings is 1. The molecule has 0 aliphatic rings. The smallest absolute Gasteiger partial charge is 0.0406 e. The maximum Gasteiger partial charge on any atom is 0.0406 e. The molecule has 0 saturated carbocycles. The largest absolute Gasteiger partial charge is 0.357 e. The number of aryl methyl sites for hydroxylation is 1. The van der Waals surface area contributed by atoms with Gasteiger partial charge in [0, 0.05) is 37.1 Å². The van der Waals surface area contributed by atoms with Crippen molar-refractivity contribution in [1.82, 2.24) is 9.88 Å². The molecular formula is C15H19ClN2. The summed E-state index contributed by atoms with van der Waals surface area (Å²) in [6.45, 7) is 3.12. The molecule has 0 fully saturated rings. The standard InChI is InChI=1S/C15H19ClN2/c1-12(9-13-3-5-15(16)6-4-13)17-10-14-7-8-18(2)11-14/h3-8,11-12,17H,9-10H2,1-2H3. The first-order valence-electron chi connectivity index (χ1n) is 6.22. The van der Waals surface area contributed by atoms with Gasteiger partial charge in [0.25, 0.3) is 0 Å². The summed E-state index contributed by atoms with van der Waals surface area (Å²) in [4.78, 5) is 0. The Labute approximate surface area is 114 Å². The van der Waals surface area contributed by atoms with Gasteiger partial charge in [0.1, 0.15) is 0 Å². The lowest BCUT2D eigenvalue weighted by molar-refractivity contribution is 0.545. The zero-order valence-electron chi connectivity index (χ0n) is 10.9. The van der Waals surface area contributed by atoms with E-state index in [0.29, 0.717) is 6.04 Å². The molecule has 18 heavy (non-hydrogen) atoms. The highest BCUT2D eigenvalue weighted by Gasteiger charge is 2.03. The first kappa shape index (κ1) is 13.2. The van der Waals surface area contributed by atoms with Crippen LogP contribution in [0.3, 0.4) is 0 Å². The minimum Gasteiger partial charge on any atom is -0.357 e. The third-order valence-electron chi connectivity index (χ3n) is 3.00. The van der Waals surface area contributed by atoms with Crippen LogP contribution < -0.4 is 5.32 Å². The van der Waals surface area contributed by atoms with Crippen LogP contribution in [0.5, 0.6) is 0 Å². The van der Waals surface area contributed by atoms with Crippen molar-refractivity contribution >= 4 is 11.6 Å². The van der Waals surface area contributed by atoms with E-state index >= 15 is 0 Å². The molecule has 0 spiro atoms. The molecule has 0 aliphatic carbocycles. The normalized spacial score (nSPS) is 12.6. The average molecular weight is 263 g/mol. The van der Waals surface area contributed by atoms with Gasteiger partial charge in [0.15, 0.2) is 0 Å². The molecule has 96 valence electrons. The molecule has 0 amide bonds. The highest BCUT2D eigenvalue weighted by atomic mass is 35.5. The summed E-state index contributed by atoms with van der Waals surface area (Å²) in [6, 6.07) is 10.7. The monoisotopic (exact) mass is 262 g/mol. The molecule has 1 heterocycles. The van der Waals surface area contributed by atoms with Crippen LogP contribution in [0.1, 0.15) is 18.1 Å². The van der Waals surface area contributed by atoms with Crippen molar-refractivity contribution in [2.45, 2.75) is 25.9 Å². The first-order valence-corrected chi connectivity index (χ1v) is 6.60. The van der Waals surface area contributed by atoms with Gasteiger partial charge in [0.05, 0.1) is 0 Å². The van der Waals surface area contributed by atoms with Crippen molar-refractivity contribution in [3.05, 3.63) is 58.9 Å². The molecular weight excluding hydrogens is 244 g/mol. The number of nitrogens with one attached hydrogen (secondary N) is 1. The molecule has 0 radical (unpaired) electrons. The molecule has 1 unspecified atom stereocenters. The first-order chi connectivity index (χ1) is 8.63. The summed E-state index contributed by atoms with van der Waals surface area (Å²) < 4.78 is 2.07. The Hall–Kier alpha value is -1.25. The molecule has 2 rings (SSSR count). The van der Waals surface area contributed by atoms with Crippen molar-refractivity contribution in [2.24, 2.45) is 7.05 Å². The van der Waals surface area contributed by atoms with E-state index in [1.54, 1.807) is 0 Å². The maximum atomic E-state index is 5.87. The molecule has 1 N–H and O–H groups in total. The van der Waals surface area contributed by atoms with Crippen molar-refractivity contribution in [3.63, 3.8) is 0 Å². The third kappa shape index (κ3) is 3.90. The van der Waals surface area contributed by atoms with E-state index in [-0.39, 0.29) is 0 Å². The zero-order valence-corrected chi connectivity index (χ0v) is 11.6. The van der Waals surface area contributed by atoms with E-state index in [2.05, 4.69) is 47.4 Å². The predicted octanol–water partition coefficient (Wildman–Crippen LogP) is 3.40. The Bertz CT molecular complexity index is 487. The average Bonchev–Trinajstić information content (AvgIpc) is 2.76. The van der Waals surface area contributed by atoms with Crippen LogP contribution in [0.2, 0.25) is 5.02 Å². The topological polar surface area (TPSA) is 17.0 Å². The fraction of sp³-hybridized carbons (Fsp3) is 0.333. The number of rotatable bonds is 5. The maximum absolute atomic E-state index is 5.87. The molecule has 2 aromatic rings. The van der Waals surface area contributed by atoms with Gasteiger partial charge < -0.3 is 9.88 Å². The molecule has 0 bridgehead atoms. The Morgan fingerprint density at radius 1 is 1.17 bits per heavy atom. The van der Waals surface area contributed by atoms with Gasteiger partial charge in [-0.25, -0.2) is 0 Å². The third-order valence-corrected chi connectivity index (χ3v) is 3.25. The summed E-state index contributed by atoms with van der Waals surface area (Å²) in [5.74, 6) is 0. The summed E-state index contributed by atoms with van der Waals surface area (Å²) in [5, 5.41) is 4.32. The van der Waals surface area contributed by atoms with Crippen molar-refractivity contribution in [1.29, 1.82) is 0 Å². The van der Waals surface area contributed by atoms with E-state index in [0.717, 1.165) is 18.0 Å². The van der Waals surface area contributed by atoms with Gasteiger partial charge in [-0.1, -0.05) is 23.7 Å². The molecule has 0 saturated heterocycles. The van der Waals surface area contributed by atoms with Gasteiger partial charge in [-0.05, 0) is 42.7 Å². The van der Waals surface area contributed by atoms with Crippen molar-refractivity contribution < 1.29 is 0 Å². The summed E-state index contributed by atoms with van der Waals surface area (Å²) >= 11 is 5.87. The van der Waals surface area contributed by atoms with Crippen LogP contribution >= 0.6 is 11.6 Å². The molecule has 1 atom stereocenters. The van der Waals surface area contributed by atoms with Crippen LogP contribution in [-0.4, -0.2) is 10.6 Å². The molecule has 3 heteroatoms. The Morgan fingerprint density at radius 3 is 2.50 bits per heavy atom. The number of nitrogens with zero attached hydrogens (tertiary/aromatic N) is 1. The predicted molar refractivity (Wildman–Crippen MR) is 76.9 cm³/mol. The number of halogens is 1. The van der Waals surface area contributed by atoms with Gasteiger partial charge in [-0.3, -0.25) is 0 Å². The van der Waals surface area contributed by atoms with Gasteiger partial charge in [-0.15, -0.1) is 0 Å². The quantitative estimate of drug-likeness (QED) is 0.874. The number of hydrogen-bond donors (Lipinski definition) is 1. The van der Waals surface area contributed by atoms with Gasteiger partial charge >= 0.3 is 0 Å². The zero-order chi connectivity index (χ0) is 13.0. The van der Waals surface area contributed by atoms with Crippen LogP contribution in [0.15, 0.2) is 42.7 Å². The highest BCUT2D eigenvalue weighted by molar-refractivity contribution is 6.30. The number of aromatic nitrogens is 1. The van der Waals surface area contributed by atoms with Crippen molar-refractivity contribution in [3.8, 4) is 0 Å². The van der Waals surface area contributed by atoms with E-state index in [4.69, 9.17) is 11.6 Å². The van der Waals surface area contributed by atoms with Crippen LogP contribution in [0.25, 0.3) is 0 Å². The Kier molecular flexibility index (Phi) is 4.45. The Balaban J connectivity index is 1.81. The fourth-order valence-electron chi connectivity index (χ4n) is 2.00. The molecule has 1 aromatic carbocycles. The van der Waals surface area contributed by atoms with E-state index < -0.39 is 0 Å².